The Labute approximate surface area is 131 Å². The highest BCUT2D eigenvalue weighted by Gasteiger charge is 2.36. The van der Waals surface area contributed by atoms with Gasteiger partial charge in [-0.15, -0.1) is 0 Å². The summed E-state index contributed by atoms with van der Waals surface area (Å²) in [5.74, 6) is 1.50. The van der Waals surface area contributed by atoms with Gasteiger partial charge in [0.25, 0.3) is 0 Å². The Morgan fingerprint density at radius 2 is 1.90 bits per heavy atom. The average molecular weight is 340 g/mol. The Bertz CT molecular complexity index is 464. The first-order chi connectivity index (χ1) is 9.54. The van der Waals surface area contributed by atoms with Crippen LogP contribution in [0.3, 0.4) is 0 Å². The first kappa shape index (κ1) is 15.8. The van der Waals surface area contributed by atoms with E-state index in [4.69, 9.17) is 10.5 Å². The molecule has 2 N–H and O–H groups in total. The quantitative estimate of drug-likeness (QED) is 0.859. The van der Waals surface area contributed by atoms with Crippen molar-refractivity contribution in [1.82, 2.24) is 0 Å². The number of rotatable bonds is 4. The lowest BCUT2D eigenvalue weighted by molar-refractivity contribution is 0.286. The van der Waals surface area contributed by atoms with Gasteiger partial charge in [0.2, 0.25) is 0 Å². The molecule has 0 radical (unpaired) electrons. The third-order valence-corrected chi connectivity index (χ3v) is 5.14. The zero-order chi connectivity index (χ0) is 14.8. The molecule has 0 aromatic heterocycles. The summed E-state index contributed by atoms with van der Waals surface area (Å²) in [6.07, 6.45) is 6.21. The van der Waals surface area contributed by atoms with E-state index in [0.717, 1.165) is 10.2 Å². The molecule has 1 saturated carbocycles. The highest BCUT2D eigenvalue weighted by molar-refractivity contribution is 9.10. The highest BCUT2D eigenvalue weighted by Crippen LogP contribution is 2.46. The Balaban J connectivity index is 2.59. The van der Waals surface area contributed by atoms with Gasteiger partial charge < -0.3 is 10.5 Å². The van der Waals surface area contributed by atoms with Gasteiger partial charge in [-0.2, -0.15) is 0 Å². The lowest BCUT2D eigenvalue weighted by Gasteiger charge is -2.38. The SMILES string of the molecule is COc1c(C(C)C)cc(Br)cc1C1(CN)CCCCC1. The first-order valence-corrected chi connectivity index (χ1v) is 8.41. The van der Waals surface area contributed by atoms with Crippen molar-refractivity contribution < 1.29 is 4.74 Å². The van der Waals surface area contributed by atoms with Crippen molar-refractivity contribution in [1.29, 1.82) is 0 Å². The molecule has 0 amide bonds. The predicted octanol–water partition coefficient (Wildman–Crippen LogP) is 4.74. The summed E-state index contributed by atoms with van der Waals surface area (Å²) in [6, 6.07) is 4.41. The third kappa shape index (κ3) is 2.89. The number of methoxy groups -OCH3 is 1. The monoisotopic (exact) mass is 339 g/mol. The average Bonchev–Trinajstić information content (AvgIpc) is 2.47. The van der Waals surface area contributed by atoms with Gasteiger partial charge in [-0.3, -0.25) is 0 Å². The minimum Gasteiger partial charge on any atom is -0.496 e. The van der Waals surface area contributed by atoms with Crippen LogP contribution in [0.2, 0.25) is 0 Å². The van der Waals surface area contributed by atoms with E-state index in [2.05, 4.69) is 41.9 Å². The van der Waals surface area contributed by atoms with Gasteiger partial charge in [-0.05, 0) is 36.5 Å². The molecule has 0 atom stereocenters. The van der Waals surface area contributed by atoms with Crippen molar-refractivity contribution in [3.63, 3.8) is 0 Å². The molecule has 2 nitrogen and oxygen atoms in total. The second kappa shape index (κ2) is 6.48. The Morgan fingerprint density at radius 1 is 1.25 bits per heavy atom. The summed E-state index contributed by atoms with van der Waals surface area (Å²) in [5.41, 5.74) is 8.87. The van der Waals surface area contributed by atoms with Crippen LogP contribution in [0.5, 0.6) is 5.75 Å². The van der Waals surface area contributed by atoms with E-state index in [1.54, 1.807) is 7.11 Å². The van der Waals surface area contributed by atoms with Gasteiger partial charge >= 0.3 is 0 Å². The van der Waals surface area contributed by atoms with E-state index < -0.39 is 0 Å². The van der Waals surface area contributed by atoms with Gasteiger partial charge in [0.15, 0.2) is 0 Å². The van der Waals surface area contributed by atoms with E-state index in [9.17, 15) is 0 Å². The highest BCUT2D eigenvalue weighted by atomic mass is 79.9. The molecule has 3 heteroatoms. The van der Waals surface area contributed by atoms with Crippen LogP contribution in [-0.2, 0) is 5.41 Å². The van der Waals surface area contributed by atoms with Crippen molar-refractivity contribution in [2.24, 2.45) is 5.73 Å². The van der Waals surface area contributed by atoms with Crippen LogP contribution in [0.15, 0.2) is 16.6 Å². The lowest BCUT2D eigenvalue weighted by atomic mass is 9.68. The fraction of sp³-hybridized carbons (Fsp3) is 0.647. The topological polar surface area (TPSA) is 35.2 Å². The Hall–Kier alpha value is -0.540. The van der Waals surface area contributed by atoms with Crippen molar-refractivity contribution in [2.45, 2.75) is 57.3 Å². The van der Waals surface area contributed by atoms with E-state index in [0.29, 0.717) is 12.5 Å². The molecule has 0 spiro atoms. The molecule has 1 fully saturated rings. The predicted molar refractivity (Wildman–Crippen MR) is 88.6 cm³/mol. The molecule has 112 valence electrons. The van der Waals surface area contributed by atoms with Gasteiger partial charge in [-0.1, -0.05) is 49.0 Å². The normalized spacial score (nSPS) is 18.3. The summed E-state index contributed by atoms with van der Waals surface area (Å²) < 4.78 is 6.93. The Morgan fingerprint density at radius 3 is 2.40 bits per heavy atom. The van der Waals surface area contributed by atoms with Gasteiger partial charge in [0, 0.05) is 22.0 Å². The molecule has 0 unspecified atom stereocenters. The molecular formula is C17H26BrNO. The van der Waals surface area contributed by atoms with Gasteiger partial charge in [0.05, 0.1) is 7.11 Å². The van der Waals surface area contributed by atoms with Crippen LogP contribution in [0.4, 0.5) is 0 Å². The molecule has 20 heavy (non-hydrogen) atoms. The maximum atomic E-state index is 6.20. The number of hydrogen-bond acceptors (Lipinski definition) is 2. The fourth-order valence-corrected chi connectivity index (χ4v) is 3.95. The zero-order valence-corrected chi connectivity index (χ0v) is 14.4. The number of benzene rings is 1. The maximum Gasteiger partial charge on any atom is 0.126 e. The molecule has 0 aliphatic heterocycles. The number of hydrogen-bond donors (Lipinski definition) is 1. The molecule has 1 aromatic rings. The molecule has 1 aliphatic rings. The van der Waals surface area contributed by atoms with Gasteiger partial charge in [0.1, 0.15) is 5.75 Å². The summed E-state index contributed by atoms with van der Waals surface area (Å²) >= 11 is 3.67. The molecule has 2 rings (SSSR count). The van der Waals surface area contributed by atoms with E-state index in [1.165, 1.54) is 43.2 Å². The smallest absolute Gasteiger partial charge is 0.126 e. The molecule has 1 aliphatic carbocycles. The maximum absolute atomic E-state index is 6.20. The van der Waals surface area contributed by atoms with E-state index >= 15 is 0 Å². The van der Waals surface area contributed by atoms with Crippen molar-refractivity contribution >= 4 is 15.9 Å². The summed E-state index contributed by atoms with van der Waals surface area (Å²) in [6.45, 7) is 5.13. The summed E-state index contributed by atoms with van der Waals surface area (Å²) in [7, 11) is 1.78. The second-order valence-electron chi connectivity index (χ2n) is 6.28. The van der Waals surface area contributed by atoms with Crippen LogP contribution in [0.1, 0.15) is 63.0 Å². The number of halogens is 1. The minimum atomic E-state index is 0.0943. The largest absolute Gasteiger partial charge is 0.496 e. The molecule has 1 aromatic carbocycles. The standard InChI is InChI=1S/C17H26BrNO/c1-12(2)14-9-13(18)10-15(16(14)20-3)17(11-19)7-5-4-6-8-17/h9-10,12H,4-8,11,19H2,1-3H3. The zero-order valence-electron chi connectivity index (χ0n) is 12.8. The van der Waals surface area contributed by atoms with Crippen LogP contribution >= 0.6 is 15.9 Å². The van der Waals surface area contributed by atoms with Crippen molar-refractivity contribution in [3.8, 4) is 5.75 Å². The third-order valence-electron chi connectivity index (χ3n) is 4.68. The number of nitrogens with two attached hydrogens (primary N) is 1. The van der Waals surface area contributed by atoms with E-state index in [1.807, 2.05) is 0 Å². The van der Waals surface area contributed by atoms with Crippen LogP contribution in [-0.4, -0.2) is 13.7 Å². The lowest BCUT2D eigenvalue weighted by Crippen LogP contribution is -2.37. The van der Waals surface area contributed by atoms with Crippen LogP contribution in [0, 0.1) is 0 Å². The second-order valence-corrected chi connectivity index (χ2v) is 7.19. The summed E-state index contributed by atoms with van der Waals surface area (Å²) in [5, 5.41) is 0. The number of ether oxygens (including phenoxy) is 1. The van der Waals surface area contributed by atoms with Crippen LogP contribution < -0.4 is 10.5 Å². The molecule has 0 saturated heterocycles. The van der Waals surface area contributed by atoms with Crippen molar-refractivity contribution in [3.05, 3.63) is 27.7 Å². The molecular weight excluding hydrogens is 314 g/mol. The van der Waals surface area contributed by atoms with Crippen LogP contribution in [0.25, 0.3) is 0 Å². The summed E-state index contributed by atoms with van der Waals surface area (Å²) in [4.78, 5) is 0. The molecule has 0 heterocycles. The van der Waals surface area contributed by atoms with Crippen molar-refractivity contribution in [2.75, 3.05) is 13.7 Å². The Kier molecular flexibility index (Phi) is 5.14. The fourth-order valence-electron chi connectivity index (χ4n) is 3.48. The van der Waals surface area contributed by atoms with E-state index in [-0.39, 0.29) is 5.41 Å². The molecule has 0 bridgehead atoms. The van der Waals surface area contributed by atoms with Gasteiger partial charge in [-0.25, -0.2) is 0 Å². The first-order valence-electron chi connectivity index (χ1n) is 7.62. The minimum absolute atomic E-state index is 0.0943.